The van der Waals surface area contributed by atoms with Gasteiger partial charge in [0, 0.05) is 18.5 Å². The Morgan fingerprint density at radius 2 is 2.18 bits per heavy atom. The molecule has 2 heterocycles. The van der Waals surface area contributed by atoms with Crippen LogP contribution in [0, 0.1) is 0 Å². The quantitative estimate of drug-likeness (QED) is 0.941. The molecule has 118 valence electrons. The molecule has 5 heteroatoms. The van der Waals surface area contributed by atoms with Gasteiger partial charge in [-0.05, 0) is 26.0 Å². The van der Waals surface area contributed by atoms with Crippen molar-refractivity contribution in [3.8, 4) is 0 Å². The summed E-state index contributed by atoms with van der Waals surface area (Å²) in [7, 11) is 0. The molecule has 0 amide bonds. The third-order valence-electron chi connectivity index (χ3n) is 3.81. The molecular formula is C17H21NO4. The summed E-state index contributed by atoms with van der Waals surface area (Å²) < 4.78 is 11.7. The van der Waals surface area contributed by atoms with Gasteiger partial charge in [-0.25, -0.2) is 0 Å². The van der Waals surface area contributed by atoms with Gasteiger partial charge >= 0.3 is 5.97 Å². The number of hydrogen-bond acceptors (Lipinski definition) is 4. The number of nitrogens with zero attached hydrogens (tertiary/aromatic N) is 1. The maximum Gasteiger partial charge on any atom is 0.306 e. The molecule has 3 rings (SSSR count). The minimum absolute atomic E-state index is 0.0278. The Kier molecular flexibility index (Phi) is 3.93. The van der Waals surface area contributed by atoms with Crippen LogP contribution >= 0.6 is 0 Å². The van der Waals surface area contributed by atoms with Crippen LogP contribution in [0.25, 0.3) is 11.0 Å². The molecule has 1 aliphatic rings. The highest BCUT2D eigenvalue weighted by atomic mass is 16.5. The molecule has 22 heavy (non-hydrogen) atoms. The van der Waals surface area contributed by atoms with Gasteiger partial charge in [-0.2, -0.15) is 0 Å². The van der Waals surface area contributed by atoms with Crippen molar-refractivity contribution in [2.24, 2.45) is 0 Å². The second kappa shape index (κ2) is 5.74. The molecule has 1 atom stereocenters. The fourth-order valence-electron chi connectivity index (χ4n) is 3.17. The Bertz CT molecular complexity index is 643. The van der Waals surface area contributed by atoms with E-state index >= 15 is 0 Å². The molecule has 1 aromatic heterocycles. The van der Waals surface area contributed by atoms with Gasteiger partial charge in [0.05, 0.1) is 24.7 Å². The van der Waals surface area contributed by atoms with E-state index in [0.717, 1.165) is 23.3 Å². The lowest BCUT2D eigenvalue weighted by atomic mass is 10.0. The van der Waals surface area contributed by atoms with Crippen molar-refractivity contribution in [3.05, 3.63) is 36.1 Å². The first-order valence-electron chi connectivity index (χ1n) is 7.51. The van der Waals surface area contributed by atoms with Crippen LogP contribution in [0.5, 0.6) is 0 Å². The SMILES string of the molecule is CC1(C)CN(Cc2cc3ccccc3o2)CC(CC(=O)O)O1. The first-order valence-corrected chi connectivity index (χ1v) is 7.51. The Labute approximate surface area is 129 Å². The number of fused-ring (bicyclic) bond motifs is 1. The fourth-order valence-corrected chi connectivity index (χ4v) is 3.17. The minimum atomic E-state index is -0.827. The molecule has 0 spiro atoms. The van der Waals surface area contributed by atoms with Crippen LogP contribution in [-0.4, -0.2) is 40.8 Å². The molecular weight excluding hydrogens is 282 g/mol. The summed E-state index contributed by atoms with van der Waals surface area (Å²) in [5, 5.41) is 10.1. The largest absolute Gasteiger partial charge is 0.481 e. The average Bonchev–Trinajstić information content (AvgIpc) is 2.77. The van der Waals surface area contributed by atoms with E-state index in [1.807, 2.05) is 44.2 Å². The lowest BCUT2D eigenvalue weighted by Gasteiger charge is -2.42. The Morgan fingerprint density at radius 1 is 1.41 bits per heavy atom. The number of aliphatic carboxylic acids is 1. The summed E-state index contributed by atoms with van der Waals surface area (Å²) in [4.78, 5) is 13.1. The van der Waals surface area contributed by atoms with Crippen molar-refractivity contribution in [1.82, 2.24) is 4.90 Å². The molecule has 1 aliphatic heterocycles. The summed E-state index contributed by atoms with van der Waals surface area (Å²) in [6.07, 6.45) is -0.259. The molecule has 1 aromatic carbocycles. The molecule has 5 nitrogen and oxygen atoms in total. The van der Waals surface area contributed by atoms with E-state index in [1.54, 1.807) is 0 Å². The number of hydrogen-bond donors (Lipinski definition) is 1. The number of rotatable bonds is 4. The normalized spacial score (nSPS) is 22.0. The third kappa shape index (κ3) is 3.48. The second-order valence-electron chi connectivity index (χ2n) is 6.52. The summed E-state index contributed by atoms with van der Waals surface area (Å²) in [6, 6.07) is 9.97. The molecule has 0 aliphatic carbocycles. The maximum atomic E-state index is 10.9. The van der Waals surface area contributed by atoms with Crippen LogP contribution in [-0.2, 0) is 16.1 Å². The second-order valence-corrected chi connectivity index (χ2v) is 6.52. The third-order valence-corrected chi connectivity index (χ3v) is 3.81. The van der Waals surface area contributed by atoms with Gasteiger partial charge in [-0.3, -0.25) is 9.69 Å². The van der Waals surface area contributed by atoms with Crippen LogP contribution in [0.1, 0.15) is 26.0 Å². The number of benzene rings is 1. The predicted octanol–water partition coefficient (Wildman–Crippen LogP) is 2.89. The first-order chi connectivity index (χ1) is 10.4. The Hall–Kier alpha value is -1.85. The summed E-state index contributed by atoms with van der Waals surface area (Å²) in [5.41, 5.74) is 0.525. The van der Waals surface area contributed by atoms with E-state index in [2.05, 4.69) is 4.90 Å². The number of para-hydroxylation sites is 1. The van der Waals surface area contributed by atoms with E-state index in [9.17, 15) is 4.79 Å². The van der Waals surface area contributed by atoms with Crippen molar-refractivity contribution < 1.29 is 19.1 Å². The first kappa shape index (κ1) is 15.1. The monoisotopic (exact) mass is 303 g/mol. The van der Waals surface area contributed by atoms with E-state index < -0.39 is 5.97 Å². The van der Waals surface area contributed by atoms with Gasteiger partial charge in [0.15, 0.2) is 0 Å². The summed E-state index contributed by atoms with van der Waals surface area (Å²) >= 11 is 0. The molecule has 0 radical (unpaired) electrons. The topological polar surface area (TPSA) is 62.9 Å². The number of furan rings is 1. The van der Waals surface area contributed by atoms with Gasteiger partial charge in [0.1, 0.15) is 11.3 Å². The van der Waals surface area contributed by atoms with Crippen LogP contribution in [0.3, 0.4) is 0 Å². The molecule has 1 unspecified atom stereocenters. The van der Waals surface area contributed by atoms with Gasteiger partial charge < -0.3 is 14.3 Å². The van der Waals surface area contributed by atoms with Crippen LogP contribution in [0.2, 0.25) is 0 Å². The minimum Gasteiger partial charge on any atom is -0.481 e. The lowest BCUT2D eigenvalue weighted by Crippen LogP contribution is -2.52. The van der Waals surface area contributed by atoms with Gasteiger partial charge in [0.25, 0.3) is 0 Å². The predicted molar refractivity (Wildman–Crippen MR) is 82.7 cm³/mol. The Morgan fingerprint density at radius 3 is 2.91 bits per heavy atom. The van der Waals surface area contributed by atoms with Crippen molar-refractivity contribution >= 4 is 16.9 Å². The van der Waals surface area contributed by atoms with Crippen LogP contribution in [0.15, 0.2) is 34.7 Å². The molecule has 2 aromatic rings. The highest BCUT2D eigenvalue weighted by molar-refractivity contribution is 5.77. The van der Waals surface area contributed by atoms with E-state index in [1.165, 1.54) is 0 Å². The van der Waals surface area contributed by atoms with Gasteiger partial charge in [-0.1, -0.05) is 18.2 Å². The molecule has 1 N–H and O–H groups in total. The fraction of sp³-hybridized carbons (Fsp3) is 0.471. The molecule has 0 bridgehead atoms. The van der Waals surface area contributed by atoms with E-state index in [4.69, 9.17) is 14.3 Å². The maximum absolute atomic E-state index is 10.9. The number of ether oxygens (including phenoxy) is 1. The smallest absolute Gasteiger partial charge is 0.306 e. The van der Waals surface area contributed by atoms with Crippen LogP contribution < -0.4 is 0 Å². The van der Waals surface area contributed by atoms with Crippen molar-refractivity contribution in [1.29, 1.82) is 0 Å². The number of carboxylic acids is 1. The Balaban J connectivity index is 1.73. The molecule has 1 saturated heterocycles. The molecule has 1 fully saturated rings. The zero-order valence-corrected chi connectivity index (χ0v) is 12.9. The zero-order chi connectivity index (χ0) is 15.7. The van der Waals surface area contributed by atoms with E-state index in [-0.39, 0.29) is 18.1 Å². The summed E-state index contributed by atoms with van der Waals surface area (Å²) in [6.45, 7) is 6.00. The average molecular weight is 303 g/mol. The summed E-state index contributed by atoms with van der Waals surface area (Å²) in [5.74, 6) is 0.0689. The van der Waals surface area contributed by atoms with Crippen molar-refractivity contribution in [2.75, 3.05) is 13.1 Å². The highest BCUT2D eigenvalue weighted by Crippen LogP contribution is 2.26. The van der Waals surface area contributed by atoms with Gasteiger partial charge in [-0.15, -0.1) is 0 Å². The van der Waals surface area contributed by atoms with Crippen molar-refractivity contribution in [3.63, 3.8) is 0 Å². The molecule has 0 saturated carbocycles. The lowest BCUT2D eigenvalue weighted by molar-refractivity contribution is -0.159. The number of carboxylic acid groups (broad SMARTS) is 1. The number of carbonyl (C=O) groups is 1. The highest BCUT2D eigenvalue weighted by Gasteiger charge is 2.34. The van der Waals surface area contributed by atoms with E-state index in [0.29, 0.717) is 13.1 Å². The standard InChI is InChI=1S/C17H21NO4/c1-17(2)11-18(10-14(22-17)8-16(19)20)9-13-7-12-5-3-4-6-15(12)21-13/h3-7,14H,8-11H2,1-2H3,(H,19,20). The zero-order valence-electron chi connectivity index (χ0n) is 12.9. The van der Waals surface area contributed by atoms with Crippen LogP contribution in [0.4, 0.5) is 0 Å². The van der Waals surface area contributed by atoms with Crippen molar-refractivity contribution in [2.45, 2.75) is 38.5 Å². The number of morpholine rings is 1. The van der Waals surface area contributed by atoms with Gasteiger partial charge in [0.2, 0.25) is 0 Å².